The van der Waals surface area contributed by atoms with Crippen molar-refractivity contribution in [2.24, 2.45) is 17.8 Å². The number of sulfonamides is 2. The maximum atomic E-state index is 15.3. The number of halogens is 9. The van der Waals surface area contributed by atoms with Gasteiger partial charge in [0, 0.05) is 73.0 Å². The first-order valence-corrected chi connectivity index (χ1v) is 34.5. The molecule has 18 nitrogen and oxygen atoms in total. The fourth-order valence-corrected chi connectivity index (χ4v) is 12.0. The van der Waals surface area contributed by atoms with Crippen molar-refractivity contribution in [2.45, 2.75) is 68.2 Å². The van der Waals surface area contributed by atoms with E-state index in [4.69, 9.17) is 44.7 Å². The van der Waals surface area contributed by atoms with Crippen molar-refractivity contribution in [1.29, 1.82) is 0 Å². The van der Waals surface area contributed by atoms with Crippen LogP contribution in [0.3, 0.4) is 0 Å². The van der Waals surface area contributed by atoms with Crippen molar-refractivity contribution in [2.75, 3.05) is 39.5 Å². The van der Waals surface area contributed by atoms with Crippen molar-refractivity contribution in [3.8, 4) is 22.3 Å². The van der Waals surface area contributed by atoms with Gasteiger partial charge >= 0.3 is 11.9 Å². The van der Waals surface area contributed by atoms with Gasteiger partial charge in [0.2, 0.25) is 34.9 Å². The lowest BCUT2D eigenvalue weighted by Crippen LogP contribution is -2.20. The number of nitrogens with zero attached hydrogens (tertiary/aromatic N) is 2. The van der Waals surface area contributed by atoms with Crippen LogP contribution in [-0.4, -0.2) is 92.4 Å². The molecule has 7 N–H and O–H groups in total. The molecule has 5 aromatic carbocycles. The number of pyridine rings is 2. The van der Waals surface area contributed by atoms with Crippen molar-refractivity contribution in [3.63, 3.8) is 0 Å². The normalized spacial score (nSPS) is 11.3. The summed E-state index contributed by atoms with van der Waals surface area (Å²) in [5.41, 5.74) is 5.94. The minimum atomic E-state index is -3.88. The fraction of sp³-hybridized carbons (Fsp3) is 0.266. The quantitative estimate of drug-likeness (QED) is 0.0144. The molecule has 506 valence electrons. The second-order valence-corrected chi connectivity index (χ2v) is 29.1. The van der Waals surface area contributed by atoms with Crippen LogP contribution >= 0.6 is 33.9 Å². The van der Waals surface area contributed by atoms with E-state index >= 15 is 4.39 Å². The highest BCUT2D eigenvalue weighted by molar-refractivity contribution is 8.13. The van der Waals surface area contributed by atoms with Gasteiger partial charge in [0.05, 0.1) is 47.0 Å². The number of aromatic amines is 2. The molecular weight excluding hydrogens is 1360 g/mol. The number of carbonyl (C=O) groups excluding carboxylic acids is 2. The Hall–Kier alpha value is -8.21. The van der Waals surface area contributed by atoms with Gasteiger partial charge in [-0.3, -0.25) is 14.2 Å². The molecule has 0 amide bonds. The predicted octanol–water partition coefficient (Wildman–Crippen LogP) is 16.1. The predicted molar refractivity (Wildman–Crippen MR) is 358 cm³/mol. The van der Waals surface area contributed by atoms with Crippen molar-refractivity contribution < 1.29 is 75.8 Å². The van der Waals surface area contributed by atoms with Crippen LogP contribution in [-0.2, 0) is 33.8 Å². The second-order valence-electron chi connectivity index (χ2n) is 21.6. The molecule has 4 heterocycles. The number of anilines is 3. The number of aromatic nitrogens is 4. The highest BCUT2D eigenvalue weighted by Gasteiger charge is 2.27. The third-order valence-electron chi connectivity index (χ3n) is 13.1. The molecule has 0 fully saturated rings. The third-order valence-corrected chi connectivity index (χ3v) is 17.4. The Bertz CT molecular complexity index is 4470. The van der Waals surface area contributed by atoms with E-state index in [1.54, 1.807) is 36.5 Å². The Morgan fingerprint density at radius 1 is 0.574 bits per heavy atom. The molecule has 0 spiro atoms. The lowest BCUT2D eigenvalue weighted by atomic mass is 10.00. The van der Waals surface area contributed by atoms with E-state index in [1.165, 1.54) is 6.20 Å². The summed E-state index contributed by atoms with van der Waals surface area (Å²) in [6, 6.07) is 25.9. The zero-order chi connectivity index (χ0) is 69.3. The van der Waals surface area contributed by atoms with Gasteiger partial charge in [-0.2, -0.15) is 0 Å². The van der Waals surface area contributed by atoms with E-state index in [9.17, 15) is 61.6 Å². The Balaban J connectivity index is 0.000000272. The summed E-state index contributed by atoms with van der Waals surface area (Å²) in [5, 5.41) is 11.5. The van der Waals surface area contributed by atoms with E-state index in [2.05, 4.69) is 35.5 Å². The number of ether oxygens (including phenoxy) is 1. The number of esters is 1. The Labute approximate surface area is 555 Å². The van der Waals surface area contributed by atoms with Gasteiger partial charge in [-0.05, 0) is 127 Å². The van der Waals surface area contributed by atoms with Crippen LogP contribution in [0.5, 0.6) is 0 Å². The summed E-state index contributed by atoms with van der Waals surface area (Å²) in [6.07, 6.45) is 8.05. The van der Waals surface area contributed by atoms with Gasteiger partial charge < -0.3 is 25.5 Å². The Morgan fingerprint density at radius 3 is 1.47 bits per heavy atom. The minimum Gasteiger partial charge on any atom is -0.477 e. The zero-order valence-electron chi connectivity index (χ0n) is 50.7. The minimum absolute atomic E-state index is 0. The largest absolute Gasteiger partial charge is 0.477 e. The van der Waals surface area contributed by atoms with Gasteiger partial charge in [-0.15, -0.1) is 0 Å². The molecule has 9 rings (SSSR count). The number of carboxylic acids is 1. The van der Waals surface area contributed by atoms with Gasteiger partial charge in [0.15, 0.2) is 17.5 Å². The lowest BCUT2D eigenvalue weighted by Gasteiger charge is -2.12. The molecule has 0 radical (unpaired) electrons. The van der Waals surface area contributed by atoms with Crippen LogP contribution in [0.1, 0.15) is 105 Å². The standard InChI is InChI=1S/C25H22ClF2N3O3S.C13H9ClN2.C12H15F2NO4S.C8H7F2NO2.C5H11ClO2S.CH4/c1-14(2)9-10-35(33,34)31-21-8-7-20(27)22(23(21)28)24(32)19-13-30-25-18(19)11-16(12-29-25)15-3-5-17(26)6-4-15;14-12-3-1-9(2-4-12)11-7-10-5-6-15-13(10)16-8-11;1-7(2)5-6-20(18,19)15-9-4-3-8(13)10(11(9)14)12(16)17;1-13-8(12)6-4(9)2-3-5(11)7(6)10;1-5(2)3-4-9(6,7)8;/h3-8,11-14,31H,9-10H2,1-2H3,(H,29,30);1-8H,(H,15,16);3-4,7,15H,5-6H2,1-2H3,(H,16,17);2-3H,11H2,1H3;5H,3-4H2,1-2H3;1H4. The monoisotopic (exact) mass is 1430 g/mol. The molecule has 4 aromatic heterocycles. The van der Waals surface area contributed by atoms with Crippen molar-refractivity contribution in [3.05, 3.63) is 195 Å². The van der Waals surface area contributed by atoms with Gasteiger partial charge in [0.25, 0.3) is 0 Å². The van der Waals surface area contributed by atoms with Crippen LogP contribution < -0.4 is 15.2 Å². The number of hydrogen-bond acceptors (Lipinski definition) is 13. The Kier molecular flexibility index (Phi) is 29.0. The summed E-state index contributed by atoms with van der Waals surface area (Å²) < 4.78 is 160. The average molecular weight is 1430 g/mol. The van der Waals surface area contributed by atoms with Gasteiger partial charge in [-0.1, -0.05) is 96.4 Å². The summed E-state index contributed by atoms with van der Waals surface area (Å²) in [5.74, 6) is -10.7. The third kappa shape index (κ3) is 23.1. The van der Waals surface area contributed by atoms with Crippen LogP contribution in [0.25, 0.3) is 44.3 Å². The molecule has 9 aromatic rings. The molecule has 0 bridgehead atoms. The van der Waals surface area contributed by atoms with Crippen LogP contribution in [0.2, 0.25) is 10.0 Å². The Morgan fingerprint density at radius 2 is 1.01 bits per heavy atom. The number of nitrogens with one attached hydrogen (secondary N) is 4. The summed E-state index contributed by atoms with van der Waals surface area (Å²) in [6.45, 7) is 11.3. The van der Waals surface area contributed by atoms with Gasteiger partial charge in [-0.25, -0.2) is 71.2 Å². The molecule has 0 aliphatic carbocycles. The van der Waals surface area contributed by atoms with E-state index in [1.807, 2.05) is 89.0 Å². The number of methoxy groups -OCH3 is 1. The SMILES string of the molecule is C.CC(C)CCS(=O)(=O)Cl.CC(C)CCS(=O)(=O)Nc1ccc(F)c(C(=O)O)c1F.CC(C)CCS(=O)(=O)Nc1ccc(F)c(C(=O)c2c[nH]c3ncc(-c4ccc(Cl)cc4)cc23)c1F.COC(=O)c1c(F)ccc(N)c1F.Clc1ccc(-c2cnc3[nH]ccc3c2)cc1. The second kappa shape index (κ2) is 34.8. The molecule has 30 heteroatoms. The molecule has 0 saturated heterocycles. The molecule has 0 aliphatic rings. The highest BCUT2D eigenvalue weighted by Crippen LogP contribution is 2.31. The van der Waals surface area contributed by atoms with Crippen molar-refractivity contribution >= 4 is 120 Å². The lowest BCUT2D eigenvalue weighted by molar-refractivity contribution is 0.0588. The number of aromatic carboxylic acids is 1. The van der Waals surface area contributed by atoms with Crippen LogP contribution in [0.15, 0.2) is 128 Å². The smallest absolute Gasteiger partial charge is 0.343 e. The number of H-pyrrole nitrogens is 2. The number of benzene rings is 5. The highest BCUT2D eigenvalue weighted by atomic mass is 35.7. The number of fused-ring (bicyclic) bond motifs is 2. The number of hydrogen-bond donors (Lipinski definition) is 6. The summed E-state index contributed by atoms with van der Waals surface area (Å²) in [7, 11) is -4.96. The number of ketones is 1. The van der Waals surface area contributed by atoms with Gasteiger partial charge in [0.1, 0.15) is 39.9 Å². The van der Waals surface area contributed by atoms with E-state index in [0.717, 1.165) is 70.2 Å². The molecule has 0 atom stereocenters. The van der Waals surface area contributed by atoms with Crippen LogP contribution in [0, 0.1) is 52.7 Å². The van der Waals surface area contributed by atoms with E-state index in [-0.39, 0.29) is 47.8 Å². The topological polar surface area (TPSA) is 291 Å². The molecule has 0 unspecified atom stereocenters. The molecule has 94 heavy (non-hydrogen) atoms. The number of nitrogens with two attached hydrogens (primary N) is 1. The summed E-state index contributed by atoms with van der Waals surface area (Å²) in [4.78, 5) is 49.4. The number of carbonyl (C=O) groups is 3. The average Bonchev–Trinajstić information content (AvgIpc) is 1.49. The summed E-state index contributed by atoms with van der Waals surface area (Å²) >= 11 is 11.8. The fourth-order valence-electron chi connectivity index (χ4n) is 7.99. The molecular formula is C64H68Cl3F6N7O11S3. The maximum absolute atomic E-state index is 15.3. The molecule has 0 aliphatic heterocycles. The first-order valence-electron chi connectivity index (χ1n) is 27.9. The first-order chi connectivity index (χ1) is 43.5. The first kappa shape index (κ1) is 78.2. The van der Waals surface area contributed by atoms with E-state index in [0.29, 0.717) is 52.9 Å². The zero-order valence-corrected chi connectivity index (χ0v) is 55.4. The number of nitrogen functional groups attached to an aromatic ring is 1. The van der Waals surface area contributed by atoms with Crippen molar-refractivity contribution in [1.82, 2.24) is 19.9 Å². The number of rotatable bonds is 19. The molecule has 0 saturated carbocycles. The number of carboxylic acid groups (broad SMARTS) is 1. The van der Waals surface area contributed by atoms with Crippen LogP contribution in [0.4, 0.5) is 43.4 Å². The van der Waals surface area contributed by atoms with E-state index < -0.39 is 110 Å². The maximum Gasteiger partial charge on any atom is 0.343 e.